The Labute approximate surface area is 231 Å². The van der Waals surface area contributed by atoms with E-state index in [1.165, 1.54) is 16.2 Å². The third kappa shape index (κ3) is 5.33. The maximum absolute atomic E-state index is 13.3. The molecule has 0 saturated carbocycles. The van der Waals surface area contributed by atoms with Crippen LogP contribution in [0.4, 0.5) is 5.13 Å². The molecule has 1 atom stereocenters. The van der Waals surface area contributed by atoms with E-state index < -0.39 is 17.7 Å². The number of aliphatic hydroxyl groups is 1. The lowest BCUT2D eigenvalue weighted by Crippen LogP contribution is -2.29. The predicted octanol–water partition coefficient (Wildman–Crippen LogP) is 6.48. The second-order valence-corrected chi connectivity index (χ2v) is 11.1. The molecule has 1 aromatic heterocycles. The summed E-state index contributed by atoms with van der Waals surface area (Å²) in [6.45, 7) is 8.42. The van der Waals surface area contributed by atoms with E-state index in [-0.39, 0.29) is 11.3 Å². The largest absolute Gasteiger partial charge is 0.507 e. The number of ether oxygens (including phenoxy) is 1. The van der Waals surface area contributed by atoms with Crippen LogP contribution >= 0.6 is 11.3 Å². The van der Waals surface area contributed by atoms with Gasteiger partial charge >= 0.3 is 5.91 Å². The van der Waals surface area contributed by atoms with Crippen molar-refractivity contribution in [3.63, 3.8) is 0 Å². The number of aromatic nitrogens is 2. The number of carbonyl (C=O) groups is 2. The van der Waals surface area contributed by atoms with Gasteiger partial charge < -0.3 is 9.84 Å². The zero-order valence-electron chi connectivity index (χ0n) is 22.2. The Morgan fingerprint density at radius 1 is 1.00 bits per heavy atom. The summed E-state index contributed by atoms with van der Waals surface area (Å²) in [5, 5.41) is 20.5. The second-order valence-electron chi connectivity index (χ2n) is 9.90. The van der Waals surface area contributed by atoms with E-state index in [2.05, 4.69) is 30.1 Å². The highest BCUT2D eigenvalue weighted by Crippen LogP contribution is 2.43. The van der Waals surface area contributed by atoms with E-state index in [1.54, 1.807) is 31.2 Å². The van der Waals surface area contributed by atoms with Gasteiger partial charge in [-0.3, -0.25) is 14.5 Å². The molecule has 39 heavy (non-hydrogen) atoms. The lowest BCUT2D eigenvalue weighted by atomic mass is 9.93. The summed E-state index contributed by atoms with van der Waals surface area (Å²) >= 11 is 1.22. The summed E-state index contributed by atoms with van der Waals surface area (Å²) in [7, 11) is 0. The molecule has 1 aliphatic heterocycles. The monoisotopic (exact) mass is 539 g/mol. The average molecular weight is 540 g/mol. The van der Waals surface area contributed by atoms with Crippen molar-refractivity contribution < 1.29 is 19.4 Å². The van der Waals surface area contributed by atoms with E-state index in [4.69, 9.17) is 4.74 Å². The lowest BCUT2D eigenvalue weighted by Gasteiger charge is -2.23. The van der Waals surface area contributed by atoms with Gasteiger partial charge in [-0.15, -0.1) is 10.2 Å². The maximum atomic E-state index is 13.3. The highest BCUT2D eigenvalue weighted by atomic mass is 32.1. The molecule has 1 aliphatic rings. The molecular weight excluding hydrogens is 510 g/mol. The Morgan fingerprint density at radius 2 is 1.72 bits per heavy atom. The summed E-state index contributed by atoms with van der Waals surface area (Å²) in [5.74, 6) is -0.816. The predicted molar refractivity (Wildman–Crippen MR) is 152 cm³/mol. The van der Waals surface area contributed by atoms with Gasteiger partial charge in [0, 0.05) is 5.56 Å². The smallest absolute Gasteiger partial charge is 0.301 e. The third-order valence-corrected chi connectivity index (χ3v) is 7.54. The Bertz CT molecular complexity index is 1560. The van der Waals surface area contributed by atoms with E-state index in [9.17, 15) is 14.7 Å². The van der Waals surface area contributed by atoms with Crippen molar-refractivity contribution in [1.82, 2.24) is 10.2 Å². The highest BCUT2D eigenvalue weighted by Gasteiger charge is 2.48. The zero-order chi connectivity index (χ0) is 27.7. The molecule has 0 radical (unpaired) electrons. The summed E-state index contributed by atoms with van der Waals surface area (Å²) < 4.78 is 5.90. The molecule has 5 rings (SSSR count). The quantitative estimate of drug-likeness (QED) is 0.164. The molecule has 7 nitrogen and oxygen atoms in total. The number of ketones is 1. The molecule has 0 spiro atoms. The Morgan fingerprint density at radius 3 is 2.33 bits per heavy atom. The number of amides is 1. The number of nitrogens with zero attached hydrogens (tertiary/aromatic N) is 3. The normalized spacial score (nSPS) is 16.7. The van der Waals surface area contributed by atoms with Crippen LogP contribution in [-0.4, -0.2) is 27.0 Å². The second kappa shape index (κ2) is 10.8. The average Bonchev–Trinajstić information content (AvgIpc) is 3.47. The minimum absolute atomic E-state index is 0.0126. The van der Waals surface area contributed by atoms with E-state index in [1.807, 2.05) is 49.4 Å². The number of benzene rings is 3. The van der Waals surface area contributed by atoms with Gasteiger partial charge in [-0.25, -0.2) is 0 Å². The summed E-state index contributed by atoms with van der Waals surface area (Å²) in [6.07, 6.45) is 0. The first-order valence-electron chi connectivity index (χ1n) is 12.7. The van der Waals surface area contributed by atoms with Gasteiger partial charge in [-0.2, -0.15) is 0 Å². The Kier molecular flexibility index (Phi) is 7.30. The third-order valence-electron chi connectivity index (χ3n) is 6.70. The fourth-order valence-corrected chi connectivity index (χ4v) is 5.34. The van der Waals surface area contributed by atoms with Crippen LogP contribution in [0.2, 0.25) is 0 Å². The molecule has 198 valence electrons. The van der Waals surface area contributed by atoms with Crippen LogP contribution in [0, 0.1) is 13.8 Å². The molecular formula is C31H29N3O4S. The van der Waals surface area contributed by atoms with Gasteiger partial charge in [0.15, 0.2) is 0 Å². The Balaban J connectivity index is 1.50. The molecule has 2 heterocycles. The maximum Gasteiger partial charge on any atom is 0.301 e. The number of Topliss-reactive ketones (excluding diaryl/α,β-unsaturated/α-hetero) is 1. The fourth-order valence-electron chi connectivity index (χ4n) is 4.63. The molecule has 1 amide bonds. The number of anilines is 1. The first-order valence-corrected chi connectivity index (χ1v) is 13.5. The molecule has 0 bridgehead atoms. The molecule has 0 aliphatic carbocycles. The first kappa shape index (κ1) is 26.3. The SMILES string of the molecule is Cc1cccc(COc2ccc(C(O)=C3C(=O)C(=O)N(c4nnc(C)s4)[C@@H]3c3ccc(C(C)C)cc3)cc2)c1. The van der Waals surface area contributed by atoms with Crippen molar-refractivity contribution in [1.29, 1.82) is 0 Å². The topological polar surface area (TPSA) is 92.6 Å². The van der Waals surface area contributed by atoms with Crippen LogP contribution in [0.1, 0.15) is 58.6 Å². The van der Waals surface area contributed by atoms with Crippen LogP contribution in [0.3, 0.4) is 0 Å². The van der Waals surface area contributed by atoms with Crippen molar-refractivity contribution in [3.05, 3.63) is 111 Å². The number of hydrogen-bond donors (Lipinski definition) is 1. The van der Waals surface area contributed by atoms with E-state index >= 15 is 0 Å². The molecule has 1 N–H and O–H groups in total. The van der Waals surface area contributed by atoms with Crippen molar-refractivity contribution in [2.75, 3.05) is 4.90 Å². The molecule has 1 fully saturated rings. The minimum atomic E-state index is -0.837. The van der Waals surface area contributed by atoms with Crippen molar-refractivity contribution >= 4 is 33.9 Å². The van der Waals surface area contributed by atoms with Gasteiger partial charge in [-0.1, -0.05) is 79.3 Å². The number of carbonyl (C=O) groups excluding carboxylic acids is 2. The van der Waals surface area contributed by atoms with Crippen molar-refractivity contribution in [2.24, 2.45) is 0 Å². The fraction of sp³-hybridized carbons (Fsp3) is 0.226. The van der Waals surface area contributed by atoms with Crippen LogP contribution < -0.4 is 9.64 Å². The summed E-state index contributed by atoms with van der Waals surface area (Å²) in [4.78, 5) is 27.9. The molecule has 1 saturated heterocycles. The molecule has 3 aromatic carbocycles. The number of aryl methyl sites for hydroxylation is 2. The van der Waals surface area contributed by atoms with Gasteiger partial charge in [-0.05, 0) is 60.7 Å². The standard InChI is InChI=1S/C31H29N3O4S/c1-18(2)22-8-10-23(11-9-22)27-26(29(36)30(37)34(27)31-33-32-20(4)39-31)28(35)24-12-14-25(15-13-24)38-17-21-7-5-6-19(3)16-21/h5-16,18,27,35H,17H2,1-4H3/t27-/m1/s1. The summed E-state index contributed by atoms with van der Waals surface area (Å²) in [5.41, 5.74) is 4.46. The van der Waals surface area contributed by atoms with Crippen molar-refractivity contribution in [2.45, 2.75) is 46.3 Å². The number of rotatable bonds is 7. The highest BCUT2D eigenvalue weighted by molar-refractivity contribution is 7.15. The van der Waals surface area contributed by atoms with E-state index in [0.29, 0.717) is 39.5 Å². The number of aliphatic hydroxyl groups excluding tert-OH is 1. The van der Waals surface area contributed by atoms with Crippen LogP contribution in [0.5, 0.6) is 5.75 Å². The van der Waals surface area contributed by atoms with Gasteiger partial charge in [0.25, 0.3) is 5.78 Å². The molecule has 8 heteroatoms. The van der Waals surface area contributed by atoms with Gasteiger partial charge in [0.05, 0.1) is 11.6 Å². The molecule has 4 aromatic rings. The zero-order valence-corrected chi connectivity index (χ0v) is 23.0. The van der Waals surface area contributed by atoms with Gasteiger partial charge in [0.2, 0.25) is 5.13 Å². The molecule has 0 unspecified atom stereocenters. The van der Waals surface area contributed by atoms with E-state index in [0.717, 1.165) is 16.7 Å². The van der Waals surface area contributed by atoms with Crippen molar-refractivity contribution in [3.8, 4) is 5.75 Å². The van der Waals surface area contributed by atoms with Crippen LogP contribution in [0.25, 0.3) is 5.76 Å². The first-order chi connectivity index (χ1) is 18.7. The minimum Gasteiger partial charge on any atom is -0.507 e. The summed E-state index contributed by atoms with van der Waals surface area (Å²) in [6, 6.07) is 21.8. The van der Waals surface area contributed by atoms with Gasteiger partial charge in [0.1, 0.15) is 23.1 Å². The van der Waals surface area contributed by atoms with Crippen LogP contribution in [0.15, 0.2) is 78.4 Å². The lowest BCUT2D eigenvalue weighted by molar-refractivity contribution is -0.132. The Hall–Kier alpha value is -4.30. The number of hydrogen-bond acceptors (Lipinski definition) is 7. The van der Waals surface area contributed by atoms with Crippen LogP contribution in [-0.2, 0) is 16.2 Å².